The number of fused-ring (bicyclic) bond motifs is 1. The van der Waals surface area contributed by atoms with Gasteiger partial charge in [0.05, 0.1) is 18.6 Å². The third-order valence-electron chi connectivity index (χ3n) is 2.47. The predicted octanol–water partition coefficient (Wildman–Crippen LogP) is -0.956. The number of carbonyl (C=O) groups excluding carboxylic acids is 1. The molecule has 0 aromatic rings. The minimum absolute atomic E-state index is 0.169. The van der Waals surface area contributed by atoms with Gasteiger partial charge in [-0.3, -0.25) is 4.79 Å². The number of hydrogen-bond acceptors (Lipinski definition) is 4. The van der Waals surface area contributed by atoms with E-state index in [1.807, 2.05) is 0 Å². The zero-order chi connectivity index (χ0) is 8.01. The maximum Gasteiger partial charge on any atom is 0.306 e. The zero-order valence-corrected chi connectivity index (χ0v) is 5.93. The van der Waals surface area contributed by atoms with Crippen LogP contribution in [0, 0.1) is 5.92 Å². The fourth-order valence-corrected chi connectivity index (χ4v) is 1.85. The van der Waals surface area contributed by atoms with Crippen molar-refractivity contribution in [1.29, 1.82) is 0 Å². The van der Waals surface area contributed by atoms with Crippen LogP contribution in [0.5, 0.6) is 0 Å². The van der Waals surface area contributed by atoms with Crippen LogP contribution < -0.4 is 0 Å². The quantitative estimate of drug-likeness (QED) is 0.446. The molecule has 2 N–H and O–H groups in total. The number of rotatable bonds is 0. The van der Waals surface area contributed by atoms with Crippen molar-refractivity contribution in [2.45, 2.75) is 31.2 Å². The Labute approximate surface area is 63.8 Å². The fraction of sp³-hybridized carbons (Fsp3) is 0.857. The monoisotopic (exact) mass is 158 g/mol. The summed E-state index contributed by atoms with van der Waals surface area (Å²) in [7, 11) is 0. The van der Waals surface area contributed by atoms with Crippen LogP contribution >= 0.6 is 0 Å². The standard InChI is InChI=1S/C7H10O4/c8-4-2-5-3(7(4)10)1-6(9)11-5/h3-5,7-8,10H,1-2H2/t3-,4+,5-,7-/m1/s1. The zero-order valence-electron chi connectivity index (χ0n) is 5.93. The first-order chi connectivity index (χ1) is 5.18. The molecule has 4 nitrogen and oxygen atoms in total. The maximum absolute atomic E-state index is 10.7. The SMILES string of the molecule is O=C1C[C@H]2[C@@H](O)[C@@H](O)C[C@H]2O1. The van der Waals surface area contributed by atoms with Crippen molar-refractivity contribution >= 4 is 5.97 Å². The Balaban J connectivity index is 2.13. The average molecular weight is 158 g/mol. The smallest absolute Gasteiger partial charge is 0.306 e. The van der Waals surface area contributed by atoms with Gasteiger partial charge in [0.15, 0.2) is 0 Å². The summed E-state index contributed by atoms with van der Waals surface area (Å²) >= 11 is 0. The molecule has 1 aliphatic heterocycles. The molecule has 4 heteroatoms. The summed E-state index contributed by atoms with van der Waals surface area (Å²) in [5.74, 6) is -0.427. The molecule has 1 saturated carbocycles. The Hall–Kier alpha value is -0.610. The van der Waals surface area contributed by atoms with Gasteiger partial charge in [0, 0.05) is 12.3 Å². The van der Waals surface area contributed by atoms with E-state index in [9.17, 15) is 9.90 Å². The Morgan fingerprint density at radius 2 is 2.18 bits per heavy atom. The molecule has 0 radical (unpaired) electrons. The van der Waals surface area contributed by atoms with Gasteiger partial charge in [-0.1, -0.05) is 0 Å². The topological polar surface area (TPSA) is 66.8 Å². The van der Waals surface area contributed by atoms with Gasteiger partial charge in [0.2, 0.25) is 0 Å². The van der Waals surface area contributed by atoms with E-state index in [0.29, 0.717) is 6.42 Å². The van der Waals surface area contributed by atoms with Crippen LogP contribution in [0.3, 0.4) is 0 Å². The van der Waals surface area contributed by atoms with E-state index in [2.05, 4.69) is 0 Å². The van der Waals surface area contributed by atoms with Crippen LogP contribution in [-0.4, -0.2) is 34.5 Å². The second kappa shape index (κ2) is 2.19. The number of aliphatic hydroxyl groups excluding tert-OH is 2. The normalized spacial score (nSPS) is 49.1. The highest BCUT2D eigenvalue weighted by atomic mass is 16.6. The van der Waals surface area contributed by atoms with Gasteiger partial charge in [-0.2, -0.15) is 0 Å². The molecule has 2 rings (SSSR count). The minimum Gasteiger partial charge on any atom is -0.462 e. The maximum atomic E-state index is 10.7. The molecule has 11 heavy (non-hydrogen) atoms. The number of esters is 1. The van der Waals surface area contributed by atoms with E-state index in [4.69, 9.17) is 9.84 Å². The Morgan fingerprint density at radius 1 is 1.45 bits per heavy atom. The molecule has 62 valence electrons. The van der Waals surface area contributed by atoms with E-state index in [1.165, 1.54) is 0 Å². The lowest BCUT2D eigenvalue weighted by Gasteiger charge is -2.10. The highest BCUT2D eigenvalue weighted by Crippen LogP contribution is 2.36. The molecule has 1 saturated heterocycles. The highest BCUT2D eigenvalue weighted by molar-refractivity contribution is 5.72. The molecule has 0 bridgehead atoms. The van der Waals surface area contributed by atoms with Crippen LogP contribution in [-0.2, 0) is 9.53 Å². The summed E-state index contributed by atoms with van der Waals surface area (Å²) in [6.45, 7) is 0. The first kappa shape index (κ1) is 7.06. The Kier molecular flexibility index (Phi) is 1.40. The van der Waals surface area contributed by atoms with Crippen molar-refractivity contribution < 1.29 is 19.7 Å². The number of ether oxygens (including phenoxy) is 1. The minimum atomic E-state index is -0.772. The molecule has 2 fully saturated rings. The highest BCUT2D eigenvalue weighted by Gasteiger charge is 2.48. The van der Waals surface area contributed by atoms with Gasteiger partial charge in [-0.05, 0) is 0 Å². The van der Waals surface area contributed by atoms with Gasteiger partial charge in [0.1, 0.15) is 6.10 Å². The Bertz CT molecular complexity index is 191. The average Bonchev–Trinajstić information content (AvgIpc) is 2.37. The third-order valence-corrected chi connectivity index (χ3v) is 2.47. The first-order valence-electron chi connectivity index (χ1n) is 3.74. The lowest BCUT2D eigenvalue weighted by molar-refractivity contribution is -0.142. The molecular weight excluding hydrogens is 148 g/mol. The molecule has 0 aromatic heterocycles. The van der Waals surface area contributed by atoms with E-state index in [-0.39, 0.29) is 24.4 Å². The van der Waals surface area contributed by atoms with Gasteiger partial charge in [0.25, 0.3) is 0 Å². The lowest BCUT2D eigenvalue weighted by Crippen LogP contribution is -2.25. The Morgan fingerprint density at radius 3 is 2.82 bits per heavy atom. The van der Waals surface area contributed by atoms with Crippen molar-refractivity contribution in [3.63, 3.8) is 0 Å². The summed E-state index contributed by atoms with van der Waals surface area (Å²) in [5.41, 5.74) is 0. The van der Waals surface area contributed by atoms with E-state index in [0.717, 1.165) is 0 Å². The van der Waals surface area contributed by atoms with Crippen molar-refractivity contribution in [1.82, 2.24) is 0 Å². The molecule has 0 aromatic carbocycles. The van der Waals surface area contributed by atoms with Crippen molar-refractivity contribution in [3.8, 4) is 0 Å². The number of aliphatic hydroxyl groups is 2. The second-order valence-electron chi connectivity index (χ2n) is 3.19. The van der Waals surface area contributed by atoms with Crippen molar-refractivity contribution in [3.05, 3.63) is 0 Å². The van der Waals surface area contributed by atoms with Crippen LogP contribution in [0.25, 0.3) is 0 Å². The van der Waals surface area contributed by atoms with Crippen LogP contribution in [0.15, 0.2) is 0 Å². The molecule has 0 unspecified atom stereocenters. The number of carbonyl (C=O) groups is 1. The van der Waals surface area contributed by atoms with Crippen LogP contribution in [0.4, 0.5) is 0 Å². The van der Waals surface area contributed by atoms with Gasteiger partial charge in [-0.15, -0.1) is 0 Å². The van der Waals surface area contributed by atoms with Crippen molar-refractivity contribution in [2.75, 3.05) is 0 Å². The molecule has 1 aliphatic carbocycles. The molecule has 4 atom stereocenters. The largest absolute Gasteiger partial charge is 0.462 e. The lowest BCUT2D eigenvalue weighted by atomic mass is 10.0. The number of hydrogen-bond donors (Lipinski definition) is 2. The van der Waals surface area contributed by atoms with Crippen LogP contribution in [0.1, 0.15) is 12.8 Å². The summed E-state index contributed by atoms with van der Waals surface area (Å²) in [4.78, 5) is 10.7. The van der Waals surface area contributed by atoms with Gasteiger partial charge in [-0.25, -0.2) is 0 Å². The van der Waals surface area contributed by atoms with Crippen molar-refractivity contribution in [2.24, 2.45) is 5.92 Å². The molecule has 0 spiro atoms. The summed E-state index contributed by atoms with van der Waals surface area (Å²) in [5, 5.41) is 18.5. The van der Waals surface area contributed by atoms with E-state index < -0.39 is 12.2 Å². The predicted molar refractivity (Wildman–Crippen MR) is 34.6 cm³/mol. The van der Waals surface area contributed by atoms with E-state index >= 15 is 0 Å². The summed E-state index contributed by atoms with van der Waals surface area (Å²) < 4.78 is 4.87. The second-order valence-corrected chi connectivity index (χ2v) is 3.19. The van der Waals surface area contributed by atoms with Gasteiger partial charge >= 0.3 is 5.97 Å². The first-order valence-corrected chi connectivity index (χ1v) is 3.74. The molecule has 0 amide bonds. The summed E-state index contributed by atoms with van der Waals surface area (Å²) in [6.07, 6.45) is -1.09. The van der Waals surface area contributed by atoms with Gasteiger partial charge < -0.3 is 14.9 Å². The summed E-state index contributed by atoms with van der Waals surface area (Å²) in [6, 6.07) is 0. The fourth-order valence-electron chi connectivity index (χ4n) is 1.85. The molecule has 2 aliphatic rings. The molecule has 1 heterocycles. The molecular formula is C7H10O4. The van der Waals surface area contributed by atoms with E-state index in [1.54, 1.807) is 0 Å². The van der Waals surface area contributed by atoms with Crippen LogP contribution in [0.2, 0.25) is 0 Å². The third kappa shape index (κ3) is 0.937.